The molecule has 2 aromatic carbocycles. The summed E-state index contributed by atoms with van der Waals surface area (Å²) < 4.78 is 17.2. The molecule has 0 aliphatic carbocycles. The van der Waals surface area contributed by atoms with Crippen LogP contribution in [0.5, 0.6) is 0 Å². The van der Waals surface area contributed by atoms with Gasteiger partial charge in [-0.1, -0.05) is 49.4 Å². The number of pyridine rings is 2. The topological polar surface area (TPSA) is 25.8 Å². The SMILES string of the molecule is C.CC(F)(c1[c-]c(-c2ccccn2)ccc1)c1cccc(-c2[c-]c3ccccc3s2)n1.[Pt+2]. The van der Waals surface area contributed by atoms with E-state index in [9.17, 15) is 0 Å². The van der Waals surface area contributed by atoms with Crippen molar-refractivity contribution in [3.8, 4) is 21.8 Å². The minimum absolute atomic E-state index is 0. The summed E-state index contributed by atoms with van der Waals surface area (Å²) in [5, 5.41) is 1.05. The molecular weight excluding hydrogens is 598 g/mol. The van der Waals surface area contributed by atoms with Gasteiger partial charge in [0.2, 0.25) is 0 Å². The Morgan fingerprint density at radius 2 is 1.59 bits per heavy atom. The first-order valence-corrected chi connectivity index (χ1v) is 10.4. The molecule has 0 fully saturated rings. The molecule has 0 aliphatic heterocycles. The van der Waals surface area contributed by atoms with Gasteiger partial charge in [0.05, 0.1) is 5.69 Å². The van der Waals surface area contributed by atoms with Crippen LogP contribution in [-0.2, 0) is 26.7 Å². The Morgan fingerprint density at radius 1 is 0.844 bits per heavy atom. The van der Waals surface area contributed by atoms with Crippen molar-refractivity contribution in [1.82, 2.24) is 9.97 Å². The first-order valence-electron chi connectivity index (χ1n) is 9.63. The Balaban J connectivity index is 0.00000144. The van der Waals surface area contributed by atoms with E-state index < -0.39 is 5.67 Å². The van der Waals surface area contributed by atoms with Crippen molar-refractivity contribution in [2.24, 2.45) is 0 Å². The predicted octanol–water partition coefficient (Wildman–Crippen LogP) is 7.49. The predicted molar refractivity (Wildman–Crippen MR) is 127 cm³/mol. The zero-order chi connectivity index (χ0) is 20.6. The molecule has 32 heavy (non-hydrogen) atoms. The zero-order valence-electron chi connectivity index (χ0n) is 16.6. The molecule has 2 nitrogen and oxygen atoms in total. The third-order valence-electron chi connectivity index (χ3n) is 5.05. The number of aromatic nitrogens is 2. The van der Waals surface area contributed by atoms with Gasteiger partial charge in [-0.3, -0.25) is 4.98 Å². The second-order valence-corrected chi connectivity index (χ2v) is 8.21. The smallest absolute Gasteiger partial charge is 0.305 e. The maximum absolute atomic E-state index is 16.0. The number of fused-ring (bicyclic) bond motifs is 1. The van der Waals surface area contributed by atoms with Crippen LogP contribution in [-0.4, -0.2) is 9.97 Å². The molecule has 162 valence electrons. The van der Waals surface area contributed by atoms with Crippen LogP contribution < -0.4 is 0 Å². The zero-order valence-corrected chi connectivity index (χ0v) is 19.7. The first-order chi connectivity index (χ1) is 14.6. The quantitative estimate of drug-likeness (QED) is 0.195. The fourth-order valence-electron chi connectivity index (χ4n) is 3.41. The van der Waals surface area contributed by atoms with E-state index in [0.29, 0.717) is 11.3 Å². The van der Waals surface area contributed by atoms with E-state index in [-0.39, 0.29) is 28.5 Å². The fourth-order valence-corrected chi connectivity index (χ4v) is 4.38. The molecule has 0 amide bonds. The Kier molecular flexibility index (Phi) is 7.38. The van der Waals surface area contributed by atoms with Crippen LogP contribution in [0.25, 0.3) is 31.9 Å². The number of alkyl halides is 1. The van der Waals surface area contributed by atoms with Gasteiger partial charge in [-0.05, 0) is 34.3 Å². The molecule has 1 atom stereocenters. The van der Waals surface area contributed by atoms with Crippen LogP contribution in [0.2, 0.25) is 0 Å². The van der Waals surface area contributed by atoms with Crippen molar-refractivity contribution in [3.63, 3.8) is 0 Å². The van der Waals surface area contributed by atoms with E-state index in [1.165, 1.54) is 6.92 Å². The number of hydrogen-bond donors (Lipinski definition) is 0. The minimum Gasteiger partial charge on any atom is -0.305 e. The van der Waals surface area contributed by atoms with E-state index in [4.69, 9.17) is 0 Å². The molecule has 5 aromatic rings. The van der Waals surface area contributed by atoms with Gasteiger partial charge in [0, 0.05) is 11.9 Å². The summed E-state index contributed by atoms with van der Waals surface area (Å²) in [5.41, 5.74) is 1.22. The molecule has 0 radical (unpaired) electrons. The van der Waals surface area contributed by atoms with E-state index in [1.807, 2.05) is 60.7 Å². The first kappa shape index (κ1) is 24.0. The molecule has 0 spiro atoms. The number of halogens is 1. The summed E-state index contributed by atoms with van der Waals surface area (Å²) in [6.07, 6.45) is 1.72. The molecule has 3 heterocycles. The summed E-state index contributed by atoms with van der Waals surface area (Å²) in [6, 6.07) is 31.2. The van der Waals surface area contributed by atoms with Crippen LogP contribution >= 0.6 is 11.3 Å². The Bertz CT molecular complexity index is 1300. The average molecular weight is 620 g/mol. The fraction of sp³-hybridized carbons (Fsp3) is 0.111. The summed E-state index contributed by atoms with van der Waals surface area (Å²) in [6.45, 7) is 1.53. The minimum atomic E-state index is -1.79. The summed E-state index contributed by atoms with van der Waals surface area (Å²) in [7, 11) is 0. The van der Waals surface area contributed by atoms with Crippen LogP contribution in [0.1, 0.15) is 25.6 Å². The normalized spacial score (nSPS) is 12.4. The van der Waals surface area contributed by atoms with E-state index >= 15 is 4.39 Å². The second kappa shape index (κ2) is 9.85. The average Bonchev–Trinajstić information content (AvgIpc) is 3.24. The largest absolute Gasteiger partial charge is 2.00 e. The van der Waals surface area contributed by atoms with Gasteiger partial charge in [-0.15, -0.1) is 53.4 Å². The molecule has 3 aromatic heterocycles. The molecule has 0 N–H and O–H groups in total. The van der Waals surface area contributed by atoms with Gasteiger partial charge in [0.1, 0.15) is 0 Å². The van der Waals surface area contributed by atoms with Gasteiger partial charge in [-0.2, -0.15) is 0 Å². The summed E-state index contributed by atoms with van der Waals surface area (Å²) in [5.74, 6) is 0. The molecule has 5 rings (SSSR count). The van der Waals surface area contributed by atoms with Crippen molar-refractivity contribution < 1.29 is 25.5 Å². The van der Waals surface area contributed by atoms with Crippen molar-refractivity contribution in [1.29, 1.82) is 0 Å². The van der Waals surface area contributed by atoms with Crippen LogP contribution in [0.4, 0.5) is 4.39 Å². The third-order valence-corrected chi connectivity index (χ3v) is 6.14. The number of rotatable bonds is 4. The second-order valence-electron chi connectivity index (χ2n) is 7.16. The molecule has 0 saturated carbocycles. The van der Waals surface area contributed by atoms with Crippen molar-refractivity contribution >= 4 is 21.4 Å². The van der Waals surface area contributed by atoms with Gasteiger partial charge >= 0.3 is 21.1 Å². The van der Waals surface area contributed by atoms with Crippen LogP contribution in [0.15, 0.2) is 85.1 Å². The monoisotopic (exact) mass is 619 g/mol. The Hall–Kier alpha value is -2.68. The standard InChI is InChI=1S/C26H17FN2S.CH4.Pt/c1-26(27,20-10-6-9-18(16-20)21-11-4-5-15-28-21)25-14-7-12-22(29-25)24-17-19-8-2-3-13-23(19)30-24;;/h2-15H,1H3;1H4;/q-2;;+2. The Labute approximate surface area is 206 Å². The van der Waals surface area contributed by atoms with Crippen molar-refractivity contribution in [2.45, 2.75) is 20.0 Å². The van der Waals surface area contributed by atoms with Gasteiger partial charge in [0.15, 0.2) is 5.67 Å². The van der Waals surface area contributed by atoms with Crippen LogP contribution in [0, 0.1) is 12.1 Å². The van der Waals surface area contributed by atoms with Gasteiger partial charge in [-0.25, -0.2) is 15.7 Å². The van der Waals surface area contributed by atoms with Crippen molar-refractivity contribution in [2.75, 3.05) is 0 Å². The van der Waals surface area contributed by atoms with Gasteiger partial charge < -0.3 is 4.98 Å². The Morgan fingerprint density at radius 3 is 2.38 bits per heavy atom. The number of nitrogens with zero attached hydrogens (tertiary/aromatic N) is 2. The molecule has 5 heteroatoms. The molecule has 0 aliphatic rings. The maximum Gasteiger partial charge on any atom is 2.00 e. The number of benzene rings is 2. The number of thiophene rings is 1. The summed E-state index contributed by atoms with van der Waals surface area (Å²) in [4.78, 5) is 9.91. The van der Waals surface area contributed by atoms with Crippen LogP contribution in [0.3, 0.4) is 0 Å². The van der Waals surface area contributed by atoms with E-state index in [1.54, 1.807) is 29.7 Å². The molecule has 1 unspecified atom stereocenters. The third kappa shape index (κ3) is 4.57. The van der Waals surface area contributed by atoms with Gasteiger partial charge in [0.25, 0.3) is 0 Å². The number of hydrogen-bond acceptors (Lipinski definition) is 3. The molecular formula is C27H21FN2PtS. The van der Waals surface area contributed by atoms with E-state index in [2.05, 4.69) is 28.2 Å². The molecule has 0 saturated heterocycles. The van der Waals surface area contributed by atoms with E-state index in [0.717, 1.165) is 31.9 Å². The van der Waals surface area contributed by atoms with Crippen molar-refractivity contribution in [3.05, 3.63) is 108 Å². The maximum atomic E-state index is 16.0. The summed E-state index contributed by atoms with van der Waals surface area (Å²) >= 11 is 1.61. The molecule has 0 bridgehead atoms.